The number of anilines is 2. The van der Waals surface area contributed by atoms with Crippen molar-refractivity contribution in [2.24, 2.45) is 0 Å². The van der Waals surface area contributed by atoms with Gasteiger partial charge in [-0.15, -0.1) is 0 Å². The highest BCUT2D eigenvalue weighted by Crippen LogP contribution is 2.34. The number of hydrogen-bond acceptors (Lipinski definition) is 5. The molecule has 2 aromatic heterocycles. The van der Waals surface area contributed by atoms with Crippen LogP contribution in [0.1, 0.15) is 33.7 Å². The first kappa shape index (κ1) is 26.2. The van der Waals surface area contributed by atoms with Gasteiger partial charge in [-0.05, 0) is 54.1 Å². The summed E-state index contributed by atoms with van der Waals surface area (Å²) < 4.78 is 27.9. The van der Waals surface area contributed by atoms with E-state index < -0.39 is 29.0 Å². The lowest BCUT2D eigenvalue weighted by atomic mass is 10.1. The van der Waals surface area contributed by atoms with Crippen molar-refractivity contribution in [2.75, 3.05) is 17.2 Å². The summed E-state index contributed by atoms with van der Waals surface area (Å²) in [6, 6.07) is 11.1. The first-order valence-corrected chi connectivity index (χ1v) is 12.2. The number of benzene rings is 2. The SMILES string of the molecule is O=C(CCNC(=O)c1cccn(Cc2ccc(F)c(F)c2)c1=O)Nc1ccc2c(c1)C(=Cc1ncc[nH]1)C(=O)N2. The van der Waals surface area contributed by atoms with Crippen molar-refractivity contribution in [3.8, 4) is 0 Å². The molecule has 0 unspecified atom stereocenters. The molecule has 1 aliphatic rings. The number of rotatable bonds is 8. The highest BCUT2D eigenvalue weighted by Gasteiger charge is 2.25. The van der Waals surface area contributed by atoms with E-state index in [4.69, 9.17) is 0 Å². The molecule has 12 heteroatoms. The average Bonchev–Trinajstić information content (AvgIpc) is 3.55. The lowest BCUT2D eigenvalue weighted by Crippen LogP contribution is -2.34. The highest BCUT2D eigenvalue weighted by atomic mass is 19.2. The second-order valence-electron chi connectivity index (χ2n) is 8.90. The van der Waals surface area contributed by atoms with E-state index in [1.54, 1.807) is 36.7 Å². The van der Waals surface area contributed by atoms with E-state index in [9.17, 15) is 28.0 Å². The number of nitrogens with zero attached hydrogens (tertiary/aromatic N) is 2. The number of carbonyl (C=O) groups is 3. The molecular formula is C28H22F2N6O4. The van der Waals surface area contributed by atoms with Crippen LogP contribution < -0.4 is 21.5 Å². The first-order valence-electron chi connectivity index (χ1n) is 12.2. The van der Waals surface area contributed by atoms with Crippen LogP contribution in [0.15, 0.2) is 71.9 Å². The molecule has 0 spiro atoms. The highest BCUT2D eigenvalue weighted by molar-refractivity contribution is 6.35. The van der Waals surface area contributed by atoms with E-state index in [0.29, 0.717) is 33.9 Å². The lowest BCUT2D eigenvalue weighted by molar-refractivity contribution is -0.116. The van der Waals surface area contributed by atoms with Gasteiger partial charge in [0.1, 0.15) is 11.4 Å². The molecule has 10 nitrogen and oxygen atoms in total. The summed E-state index contributed by atoms with van der Waals surface area (Å²) in [4.78, 5) is 57.3. The minimum absolute atomic E-state index is 0.0448. The predicted molar refractivity (Wildman–Crippen MR) is 143 cm³/mol. The molecule has 0 radical (unpaired) electrons. The third kappa shape index (κ3) is 5.70. The maximum Gasteiger partial charge on any atom is 0.263 e. The van der Waals surface area contributed by atoms with Crippen molar-refractivity contribution in [2.45, 2.75) is 13.0 Å². The Bertz CT molecular complexity index is 1710. The number of carbonyl (C=O) groups excluding carboxylic acids is 3. The van der Waals surface area contributed by atoms with E-state index in [-0.39, 0.29) is 31.0 Å². The number of pyridine rings is 1. The van der Waals surface area contributed by atoms with Crippen LogP contribution >= 0.6 is 0 Å². The number of imidazole rings is 1. The second-order valence-corrected chi connectivity index (χ2v) is 8.90. The Morgan fingerprint density at radius 1 is 1.05 bits per heavy atom. The van der Waals surface area contributed by atoms with Crippen LogP contribution in [0.25, 0.3) is 11.6 Å². The van der Waals surface area contributed by atoms with Gasteiger partial charge < -0.3 is 25.5 Å². The fraction of sp³-hybridized carbons (Fsp3) is 0.107. The first-order chi connectivity index (χ1) is 19.3. The van der Waals surface area contributed by atoms with Gasteiger partial charge in [-0.1, -0.05) is 6.07 Å². The summed E-state index contributed by atoms with van der Waals surface area (Å²) in [6.45, 7) is -0.101. The zero-order chi connectivity index (χ0) is 28.2. The summed E-state index contributed by atoms with van der Waals surface area (Å²) in [5, 5.41) is 8.04. The summed E-state index contributed by atoms with van der Waals surface area (Å²) in [6.07, 6.45) is 6.17. The molecule has 3 heterocycles. The molecule has 0 fully saturated rings. The van der Waals surface area contributed by atoms with Gasteiger partial charge in [0.2, 0.25) is 5.91 Å². The molecule has 0 saturated heterocycles. The second kappa shape index (κ2) is 11.2. The maximum atomic E-state index is 13.5. The normalized spacial score (nSPS) is 13.2. The molecule has 1 aliphatic heterocycles. The Labute approximate surface area is 225 Å². The van der Waals surface area contributed by atoms with E-state index in [1.807, 2.05) is 0 Å². The molecule has 5 rings (SSSR count). The average molecular weight is 545 g/mol. The number of hydrogen-bond donors (Lipinski definition) is 4. The quantitative estimate of drug-likeness (QED) is 0.253. The topological polar surface area (TPSA) is 138 Å². The molecule has 40 heavy (non-hydrogen) atoms. The van der Waals surface area contributed by atoms with Gasteiger partial charge in [0.25, 0.3) is 17.4 Å². The van der Waals surface area contributed by atoms with E-state index in [1.165, 1.54) is 29.0 Å². The van der Waals surface area contributed by atoms with Crippen molar-refractivity contribution >= 4 is 40.7 Å². The number of aromatic nitrogens is 3. The van der Waals surface area contributed by atoms with Gasteiger partial charge in [-0.3, -0.25) is 19.2 Å². The number of nitrogens with one attached hydrogen (secondary N) is 4. The molecule has 202 valence electrons. The van der Waals surface area contributed by atoms with Crippen molar-refractivity contribution in [3.05, 3.63) is 112 Å². The summed E-state index contributed by atoms with van der Waals surface area (Å²) >= 11 is 0. The van der Waals surface area contributed by atoms with Crippen LogP contribution in [0.3, 0.4) is 0 Å². The largest absolute Gasteiger partial charge is 0.351 e. The molecule has 0 bridgehead atoms. The Morgan fingerprint density at radius 2 is 1.90 bits per heavy atom. The lowest BCUT2D eigenvalue weighted by Gasteiger charge is -2.10. The predicted octanol–water partition coefficient (Wildman–Crippen LogP) is 3.15. The number of amides is 3. The van der Waals surface area contributed by atoms with E-state index >= 15 is 0 Å². The molecule has 3 amide bonds. The number of fused-ring (bicyclic) bond motifs is 1. The summed E-state index contributed by atoms with van der Waals surface area (Å²) in [5.41, 5.74) is 1.64. The Hall–Kier alpha value is -5.39. The fourth-order valence-electron chi connectivity index (χ4n) is 4.18. The number of halogens is 2. The molecule has 4 aromatic rings. The third-order valence-electron chi connectivity index (χ3n) is 6.13. The number of aromatic amines is 1. The third-order valence-corrected chi connectivity index (χ3v) is 6.13. The van der Waals surface area contributed by atoms with Crippen LogP contribution in [0.4, 0.5) is 20.2 Å². The van der Waals surface area contributed by atoms with Crippen LogP contribution in [0, 0.1) is 11.6 Å². The monoisotopic (exact) mass is 544 g/mol. The molecular weight excluding hydrogens is 522 g/mol. The Balaban J connectivity index is 1.18. The smallest absolute Gasteiger partial charge is 0.263 e. The van der Waals surface area contributed by atoms with Crippen LogP contribution in [0.5, 0.6) is 0 Å². The molecule has 4 N–H and O–H groups in total. The standard InChI is InChI=1S/C28H22F2N6O4/c29-21-5-3-16(12-22(21)30)15-36-11-1-2-18(28(36)40)26(38)33-8-7-25(37)34-17-4-6-23-19(13-17)20(27(39)35-23)14-24-31-9-10-32-24/h1-6,9-14H,7-8,15H2,(H,31,32)(H,33,38)(H,34,37)(H,35,39). The molecule has 0 atom stereocenters. The van der Waals surface area contributed by atoms with Gasteiger partial charge in [-0.25, -0.2) is 13.8 Å². The van der Waals surface area contributed by atoms with E-state index in [0.717, 1.165) is 12.1 Å². The van der Waals surface area contributed by atoms with Gasteiger partial charge in [0, 0.05) is 48.5 Å². The van der Waals surface area contributed by atoms with Gasteiger partial charge in [0.05, 0.1) is 12.1 Å². The maximum absolute atomic E-state index is 13.5. The summed E-state index contributed by atoms with van der Waals surface area (Å²) in [7, 11) is 0. The number of H-pyrrole nitrogens is 1. The van der Waals surface area contributed by atoms with Crippen LogP contribution in [-0.2, 0) is 16.1 Å². The minimum atomic E-state index is -1.03. The Morgan fingerprint density at radius 3 is 2.67 bits per heavy atom. The Kier molecular flexibility index (Phi) is 7.31. The molecule has 2 aromatic carbocycles. The van der Waals surface area contributed by atoms with Crippen molar-refractivity contribution < 1.29 is 23.2 Å². The zero-order valence-electron chi connectivity index (χ0n) is 20.8. The van der Waals surface area contributed by atoms with Crippen molar-refractivity contribution in [1.82, 2.24) is 19.9 Å². The molecule has 0 saturated carbocycles. The summed E-state index contributed by atoms with van der Waals surface area (Å²) in [5.74, 6) is -2.87. The molecule has 0 aliphatic carbocycles. The van der Waals surface area contributed by atoms with Crippen molar-refractivity contribution in [1.29, 1.82) is 0 Å². The minimum Gasteiger partial charge on any atom is -0.351 e. The van der Waals surface area contributed by atoms with Gasteiger partial charge in [-0.2, -0.15) is 0 Å². The van der Waals surface area contributed by atoms with Crippen LogP contribution in [0.2, 0.25) is 0 Å². The van der Waals surface area contributed by atoms with Gasteiger partial charge >= 0.3 is 0 Å². The zero-order valence-corrected chi connectivity index (χ0v) is 20.8. The van der Waals surface area contributed by atoms with Gasteiger partial charge in [0.15, 0.2) is 11.6 Å². The van der Waals surface area contributed by atoms with E-state index in [2.05, 4.69) is 25.9 Å². The fourth-order valence-corrected chi connectivity index (χ4v) is 4.18. The van der Waals surface area contributed by atoms with Crippen LogP contribution in [-0.4, -0.2) is 38.8 Å². The van der Waals surface area contributed by atoms with Crippen molar-refractivity contribution in [3.63, 3.8) is 0 Å².